The normalized spacial score (nSPS) is 14.4. The third-order valence-corrected chi connectivity index (χ3v) is 3.37. The highest BCUT2D eigenvalue weighted by atomic mass is 127. The first-order valence-corrected chi connectivity index (χ1v) is 6.90. The minimum atomic E-state index is 0. The standard InChI is InChI=1S/C15H24N4.HI/c1-16-15(17-10-12-7-8-12)18-11-13-5-4-6-14(9-13)19(2)3;/h4-6,9,12H,7-8,10-11H2,1-3H3,(H2,16,17,18);1H. The zero-order valence-corrected chi connectivity index (χ0v) is 14.8. The Balaban J connectivity index is 0.00000200. The molecule has 0 amide bonds. The molecular weight excluding hydrogens is 363 g/mol. The molecule has 112 valence electrons. The molecule has 5 heteroatoms. The van der Waals surface area contributed by atoms with Crippen molar-refractivity contribution in [2.24, 2.45) is 10.9 Å². The first-order valence-electron chi connectivity index (χ1n) is 6.90. The van der Waals surface area contributed by atoms with Crippen LogP contribution in [0.15, 0.2) is 29.3 Å². The van der Waals surface area contributed by atoms with Crippen LogP contribution in [-0.2, 0) is 6.54 Å². The molecule has 2 N–H and O–H groups in total. The van der Waals surface area contributed by atoms with Gasteiger partial charge in [-0.1, -0.05) is 12.1 Å². The van der Waals surface area contributed by atoms with Gasteiger partial charge in [0.15, 0.2) is 5.96 Å². The molecule has 1 aliphatic rings. The van der Waals surface area contributed by atoms with E-state index in [0.29, 0.717) is 0 Å². The van der Waals surface area contributed by atoms with Crippen molar-refractivity contribution in [3.63, 3.8) is 0 Å². The van der Waals surface area contributed by atoms with Crippen molar-refractivity contribution in [3.05, 3.63) is 29.8 Å². The van der Waals surface area contributed by atoms with Gasteiger partial charge in [0.1, 0.15) is 0 Å². The van der Waals surface area contributed by atoms with Gasteiger partial charge in [0.05, 0.1) is 0 Å². The summed E-state index contributed by atoms with van der Waals surface area (Å²) >= 11 is 0. The lowest BCUT2D eigenvalue weighted by Gasteiger charge is -2.15. The zero-order chi connectivity index (χ0) is 13.7. The Labute approximate surface area is 139 Å². The second-order valence-electron chi connectivity index (χ2n) is 5.31. The van der Waals surface area contributed by atoms with Crippen LogP contribution < -0.4 is 15.5 Å². The molecule has 2 rings (SSSR count). The van der Waals surface area contributed by atoms with Crippen LogP contribution >= 0.6 is 24.0 Å². The first-order chi connectivity index (χ1) is 9.19. The van der Waals surface area contributed by atoms with Crippen LogP contribution in [0.3, 0.4) is 0 Å². The maximum Gasteiger partial charge on any atom is 0.191 e. The summed E-state index contributed by atoms with van der Waals surface area (Å²) in [6, 6.07) is 8.53. The molecule has 1 fully saturated rings. The minimum absolute atomic E-state index is 0. The van der Waals surface area contributed by atoms with E-state index in [2.05, 4.69) is 58.9 Å². The van der Waals surface area contributed by atoms with E-state index >= 15 is 0 Å². The first kappa shape index (κ1) is 17.1. The van der Waals surface area contributed by atoms with E-state index in [1.165, 1.54) is 24.1 Å². The average molecular weight is 388 g/mol. The summed E-state index contributed by atoms with van der Waals surface area (Å²) in [5.41, 5.74) is 2.49. The third kappa shape index (κ3) is 5.56. The summed E-state index contributed by atoms with van der Waals surface area (Å²) in [6.07, 6.45) is 2.71. The quantitative estimate of drug-likeness (QED) is 0.463. The minimum Gasteiger partial charge on any atom is -0.378 e. The van der Waals surface area contributed by atoms with Crippen molar-refractivity contribution in [1.29, 1.82) is 0 Å². The molecular formula is C15H25IN4. The van der Waals surface area contributed by atoms with Gasteiger partial charge in [0.2, 0.25) is 0 Å². The Morgan fingerprint density at radius 1 is 1.30 bits per heavy atom. The number of nitrogens with zero attached hydrogens (tertiary/aromatic N) is 2. The Morgan fingerprint density at radius 2 is 2.05 bits per heavy atom. The molecule has 0 radical (unpaired) electrons. The molecule has 0 heterocycles. The van der Waals surface area contributed by atoms with Crippen LogP contribution in [0.4, 0.5) is 5.69 Å². The van der Waals surface area contributed by atoms with Gasteiger partial charge in [0, 0.05) is 39.9 Å². The molecule has 0 aliphatic heterocycles. The van der Waals surface area contributed by atoms with Gasteiger partial charge in [-0.3, -0.25) is 4.99 Å². The van der Waals surface area contributed by atoms with Gasteiger partial charge in [0.25, 0.3) is 0 Å². The van der Waals surface area contributed by atoms with Crippen molar-refractivity contribution < 1.29 is 0 Å². The lowest BCUT2D eigenvalue weighted by atomic mass is 10.2. The number of nitrogens with one attached hydrogen (secondary N) is 2. The third-order valence-electron chi connectivity index (χ3n) is 3.37. The number of anilines is 1. The van der Waals surface area contributed by atoms with Crippen molar-refractivity contribution in [2.75, 3.05) is 32.6 Å². The predicted octanol–water partition coefficient (Wildman–Crippen LogP) is 2.45. The molecule has 4 nitrogen and oxygen atoms in total. The molecule has 0 saturated heterocycles. The van der Waals surface area contributed by atoms with Crippen molar-refractivity contribution in [2.45, 2.75) is 19.4 Å². The Morgan fingerprint density at radius 3 is 2.65 bits per heavy atom. The summed E-state index contributed by atoms with van der Waals surface area (Å²) in [6.45, 7) is 1.84. The monoisotopic (exact) mass is 388 g/mol. The van der Waals surface area contributed by atoms with E-state index in [0.717, 1.165) is 25.0 Å². The van der Waals surface area contributed by atoms with Gasteiger partial charge in [-0.05, 0) is 36.5 Å². The van der Waals surface area contributed by atoms with Crippen molar-refractivity contribution in [3.8, 4) is 0 Å². The molecule has 1 aromatic rings. The van der Waals surface area contributed by atoms with Crippen molar-refractivity contribution >= 4 is 35.6 Å². The van der Waals surface area contributed by atoms with E-state index in [4.69, 9.17) is 0 Å². The lowest BCUT2D eigenvalue weighted by Crippen LogP contribution is -2.37. The summed E-state index contributed by atoms with van der Waals surface area (Å²) in [5, 5.41) is 6.72. The highest BCUT2D eigenvalue weighted by Gasteiger charge is 2.20. The van der Waals surface area contributed by atoms with Crippen molar-refractivity contribution in [1.82, 2.24) is 10.6 Å². The van der Waals surface area contributed by atoms with Crippen LogP contribution in [0.1, 0.15) is 18.4 Å². The maximum atomic E-state index is 4.24. The molecule has 20 heavy (non-hydrogen) atoms. The van der Waals surface area contributed by atoms with E-state index in [1.54, 1.807) is 0 Å². The van der Waals surface area contributed by atoms with Gasteiger partial charge in [-0.25, -0.2) is 0 Å². The van der Waals surface area contributed by atoms with Crippen LogP contribution in [-0.4, -0.2) is 33.6 Å². The highest BCUT2D eigenvalue weighted by Crippen LogP contribution is 2.27. The van der Waals surface area contributed by atoms with Gasteiger partial charge >= 0.3 is 0 Å². The number of aliphatic imine (C=N–C) groups is 1. The Kier molecular flexibility index (Phi) is 7.12. The largest absolute Gasteiger partial charge is 0.378 e. The number of hydrogen-bond donors (Lipinski definition) is 2. The number of halogens is 1. The van der Waals surface area contributed by atoms with Gasteiger partial charge < -0.3 is 15.5 Å². The molecule has 0 unspecified atom stereocenters. The average Bonchev–Trinajstić information content (AvgIpc) is 3.23. The number of guanidine groups is 1. The van der Waals surface area contributed by atoms with E-state index in [-0.39, 0.29) is 24.0 Å². The van der Waals surface area contributed by atoms with Crippen LogP contribution in [0.5, 0.6) is 0 Å². The fraction of sp³-hybridized carbons (Fsp3) is 0.533. The van der Waals surface area contributed by atoms with Crippen LogP contribution in [0.25, 0.3) is 0 Å². The maximum absolute atomic E-state index is 4.24. The molecule has 1 aliphatic carbocycles. The SMILES string of the molecule is CN=C(NCc1cccc(N(C)C)c1)NCC1CC1.I. The molecule has 0 spiro atoms. The highest BCUT2D eigenvalue weighted by molar-refractivity contribution is 14.0. The fourth-order valence-electron chi connectivity index (χ4n) is 1.91. The van der Waals surface area contributed by atoms with Gasteiger partial charge in [-0.2, -0.15) is 0 Å². The molecule has 0 atom stereocenters. The molecule has 1 saturated carbocycles. The van der Waals surface area contributed by atoms with Crippen LogP contribution in [0.2, 0.25) is 0 Å². The summed E-state index contributed by atoms with van der Waals surface area (Å²) in [5.74, 6) is 1.75. The Hall–Kier alpha value is -0.980. The van der Waals surface area contributed by atoms with E-state index in [9.17, 15) is 0 Å². The summed E-state index contributed by atoms with van der Waals surface area (Å²) in [7, 11) is 5.93. The predicted molar refractivity (Wildman–Crippen MR) is 97.1 cm³/mol. The van der Waals surface area contributed by atoms with Gasteiger partial charge in [-0.15, -0.1) is 24.0 Å². The molecule has 1 aromatic carbocycles. The lowest BCUT2D eigenvalue weighted by molar-refractivity contribution is 0.737. The van der Waals surface area contributed by atoms with Crippen LogP contribution in [0, 0.1) is 5.92 Å². The summed E-state index contributed by atoms with van der Waals surface area (Å²) < 4.78 is 0. The zero-order valence-electron chi connectivity index (χ0n) is 12.5. The Bertz CT molecular complexity index is 441. The number of hydrogen-bond acceptors (Lipinski definition) is 2. The van der Waals surface area contributed by atoms with E-state index in [1.807, 2.05) is 7.05 Å². The number of rotatable bonds is 5. The topological polar surface area (TPSA) is 39.7 Å². The molecule has 0 bridgehead atoms. The van der Waals surface area contributed by atoms with E-state index < -0.39 is 0 Å². The second kappa shape index (κ2) is 8.34. The molecule has 0 aromatic heterocycles. The fourth-order valence-corrected chi connectivity index (χ4v) is 1.91. The second-order valence-corrected chi connectivity index (χ2v) is 5.31. The summed E-state index contributed by atoms with van der Waals surface area (Å²) in [4.78, 5) is 6.36. The number of benzene rings is 1. The smallest absolute Gasteiger partial charge is 0.191 e.